The fourth-order valence-corrected chi connectivity index (χ4v) is 3.81. The van der Waals surface area contributed by atoms with Crippen LogP contribution in [0.25, 0.3) is 21.6 Å². The number of nitrogens with zero attached hydrogens (tertiary/aromatic N) is 2. The van der Waals surface area contributed by atoms with Gasteiger partial charge in [0.1, 0.15) is 11.3 Å². The van der Waals surface area contributed by atoms with Crippen LogP contribution >= 0.6 is 22.7 Å². The maximum absolute atomic E-state index is 5.93. The van der Waals surface area contributed by atoms with Crippen LogP contribution in [0.5, 0.6) is 11.5 Å². The van der Waals surface area contributed by atoms with Crippen LogP contribution in [0, 0.1) is 0 Å². The Morgan fingerprint density at radius 2 is 2.12 bits per heavy atom. The highest BCUT2D eigenvalue weighted by molar-refractivity contribution is 7.18. The average Bonchev–Trinajstić information content (AvgIpc) is 3.38. The first-order valence-electron chi connectivity index (χ1n) is 7.47. The van der Waals surface area contributed by atoms with Gasteiger partial charge >= 0.3 is 0 Å². The van der Waals surface area contributed by atoms with Gasteiger partial charge in [-0.05, 0) is 23.6 Å². The molecule has 0 bridgehead atoms. The first kappa shape index (κ1) is 14.5. The fourth-order valence-electron chi connectivity index (χ4n) is 2.51. The Kier molecular flexibility index (Phi) is 3.43. The number of fused-ring (bicyclic) bond motifs is 2. The molecule has 0 fully saturated rings. The Morgan fingerprint density at radius 1 is 1.20 bits per heavy atom. The summed E-state index contributed by atoms with van der Waals surface area (Å²) in [5.41, 5.74) is 3.71. The van der Waals surface area contributed by atoms with Crippen LogP contribution in [0.2, 0.25) is 0 Å². The predicted molar refractivity (Wildman–Crippen MR) is 99.0 cm³/mol. The molecule has 4 aromatic rings. The third kappa shape index (κ3) is 2.75. The quantitative estimate of drug-likeness (QED) is 0.414. The molecule has 3 aromatic heterocycles. The number of thiophene rings is 1. The second kappa shape index (κ2) is 5.91. The highest BCUT2D eigenvalue weighted by Crippen LogP contribution is 2.40. The maximum Gasteiger partial charge on any atom is 0.231 e. The summed E-state index contributed by atoms with van der Waals surface area (Å²) < 4.78 is 16.7. The van der Waals surface area contributed by atoms with E-state index in [1.54, 1.807) is 23.7 Å². The van der Waals surface area contributed by atoms with Crippen LogP contribution in [0.3, 0.4) is 0 Å². The third-order valence-corrected chi connectivity index (χ3v) is 5.38. The number of nitrogens with one attached hydrogen (secondary N) is 1. The number of furan rings is 1. The van der Waals surface area contributed by atoms with Gasteiger partial charge in [0.05, 0.1) is 17.3 Å². The molecule has 6 nitrogen and oxygen atoms in total. The number of hydrogen-bond donors (Lipinski definition) is 1. The molecule has 0 atom stereocenters. The number of benzene rings is 1. The van der Waals surface area contributed by atoms with Crippen molar-refractivity contribution < 1.29 is 13.9 Å². The van der Waals surface area contributed by atoms with E-state index >= 15 is 0 Å². The fraction of sp³-hybridized carbons (Fsp3) is 0.0588. The Balaban J connectivity index is 1.38. The lowest BCUT2D eigenvalue weighted by Crippen LogP contribution is -1.92. The lowest BCUT2D eigenvalue weighted by Gasteiger charge is -1.93. The van der Waals surface area contributed by atoms with Gasteiger partial charge in [-0.3, -0.25) is 5.43 Å². The smallest absolute Gasteiger partial charge is 0.231 e. The summed E-state index contributed by atoms with van der Waals surface area (Å²) in [5.74, 6) is 2.21. The Hall–Kier alpha value is -2.84. The van der Waals surface area contributed by atoms with Gasteiger partial charge in [0.25, 0.3) is 0 Å². The van der Waals surface area contributed by atoms with Gasteiger partial charge in [-0.15, -0.1) is 11.3 Å². The topological polar surface area (TPSA) is 68.9 Å². The molecule has 1 aliphatic heterocycles. The number of hydrazone groups is 1. The molecule has 0 spiro atoms. The molecule has 1 aliphatic rings. The Morgan fingerprint density at radius 3 is 3.00 bits per heavy atom. The van der Waals surface area contributed by atoms with Gasteiger partial charge in [-0.25, -0.2) is 4.98 Å². The first-order valence-corrected chi connectivity index (χ1v) is 9.17. The predicted octanol–water partition coefficient (Wildman–Crippen LogP) is 4.79. The zero-order chi connectivity index (χ0) is 16.6. The van der Waals surface area contributed by atoms with E-state index in [-0.39, 0.29) is 6.79 Å². The van der Waals surface area contributed by atoms with Gasteiger partial charge in [-0.1, -0.05) is 17.4 Å². The minimum atomic E-state index is 0.255. The number of thiazole rings is 1. The molecule has 0 unspecified atom stereocenters. The standard InChI is InChI=1S/C17H11N3O3S2/c1-2-11(24-3-1)7-19-20-17-18-8-16(25-17)15-5-10-4-13-14(22-9-21-13)6-12(10)23-15/h1-8H,9H2,(H,18,20). The number of hydrogen-bond acceptors (Lipinski definition) is 8. The molecule has 0 saturated heterocycles. The normalized spacial score (nSPS) is 13.1. The SMILES string of the molecule is C(=NNc1ncc(-c2cc3cc4c(cc3o2)OCO4)s1)c1cccs1. The first-order chi connectivity index (χ1) is 12.3. The van der Waals surface area contributed by atoms with E-state index in [2.05, 4.69) is 15.5 Å². The van der Waals surface area contributed by atoms with Crippen LogP contribution in [-0.2, 0) is 0 Å². The summed E-state index contributed by atoms with van der Waals surface area (Å²) in [6.45, 7) is 0.255. The number of rotatable bonds is 4. The summed E-state index contributed by atoms with van der Waals surface area (Å²) in [7, 11) is 0. The highest BCUT2D eigenvalue weighted by atomic mass is 32.1. The van der Waals surface area contributed by atoms with Crippen LogP contribution in [0.4, 0.5) is 5.13 Å². The Bertz CT molecular complexity index is 1030. The molecule has 4 heterocycles. The van der Waals surface area contributed by atoms with Crippen LogP contribution in [0.15, 0.2) is 51.4 Å². The van der Waals surface area contributed by atoms with Crippen molar-refractivity contribution in [3.8, 4) is 22.1 Å². The van der Waals surface area contributed by atoms with Crippen LogP contribution in [0.1, 0.15) is 4.88 Å². The number of ether oxygens (including phenoxy) is 2. The molecule has 0 saturated carbocycles. The van der Waals surface area contributed by atoms with Crippen molar-refractivity contribution in [2.45, 2.75) is 0 Å². The van der Waals surface area contributed by atoms with E-state index in [4.69, 9.17) is 13.9 Å². The van der Waals surface area contributed by atoms with E-state index in [0.717, 1.165) is 32.2 Å². The van der Waals surface area contributed by atoms with Crippen molar-refractivity contribution in [1.82, 2.24) is 4.98 Å². The third-order valence-electron chi connectivity index (χ3n) is 3.66. The molecule has 25 heavy (non-hydrogen) atoms. The lowest BCUT2D eigenvalue weighted by atomic mass is 10.2. The van der Waals surface area contributed by atoms with Gasteiger partial charge < -0.3 is 13.9 Å². The van der Waals surface area contributed by atoms with Crippen molar-refractivity contribution in [2.24, 2.45) is 5.10 Å². The monoisotopic (exact) mass is 369 g/mol. The van der Waals surface area contributed by atoms with Crippen molar-refractivity contribution in [2.75, 3.05) is 12.2 Å². The minimum absolute atomic E-state index is 0.255. The van der Waals surface area contributed by atoms with Crippen molar-refractivity contribution in [3.05, 3.63) is 46.8 Å². The summed E-state index contributed by atoms with van der Waals surface area (Å²) in [4.78, 5) is 6.34. The summed E-state index contributed by atoms with van der Waals surface area (Å²) in [5, 5.41) is 7.88. The van der Waals surface area contributed by atoms with Gasteiger partial charge in [-0.2, -0.15) is 5.10 Å². The highest BCUT2D eigenvalue weighted by Gasteiger charge is 2.17. The molecule has 124 valence electrons. The van der Waals surface area contributed by atoms with E-state index in [9.17, 15) is 0 Å². The van der Waals surface area contributed by atoms with E-state index in [1.807, 2.05) is 35.7 Å². The molecule has 1 aromatic carbocycles. The molecule has 0 amide bonds. The molecule has 1 N–H and O–H groups in total. The zero-order valence-electron chi connectivity index (χ0n) is 12.8. The average molecular weight is 369 g/mol. The second-order valence-electron chi connectivity index (χ2n) is 5.27. The summed E-state index contributed by atoms with van der Waals surface area (Å²) in [6, 6.07) is 9.75. The molecule has 5 rings (SSSR count). The van der Waals surface area contributed by atoms with Crippen molar-refractivity contribution >= 4 is 45.0 Å². The van der Waals surface area contributed by atoms with Gasteiger partial charge in [0.15, 0.2) is 11.5 Å². The van der Waals surface area contributed by atoms with Crippen molar-refractivity contribution in [1.29, 1.82) is 0 Å². The minimum Gasteiger partial charge on any atom is -0.455 e. The zero-order valence-corrected chi connectivity index (χ0v) is 14.4. The lowest BCUT2D eigenvalue weighted by molar-refractivity contribution is 0.174. The number of anilines is 1. The Labute approximate surface area is 150 Å². The van der Waals surface area contributed by atoms with Crippen molar-refractivity contribution in [3.63, 3.8) is 0 Å². The second-order valence-corrected chi connectivity index (χ2v) is 7.28. The molecule has 8 heteroatoms. The van der Waals surface area contributed by atoms with Crippen LogP contribution < -0.4 is 14.9 Å². The van der Waals surface area contributed by atoms with E-state index in [1.165, 1.54) is 11.3 Å². The van der Waals surface area contributed by atoms with Crippen LogP contribution in [-0.4, -0.2) is 18.0 Å². The maximum atomic E-state index is 5.93. The molecule has 0 aliphatic carbocycles. The van der Waals surface area contributed by atoms with E-state index in [0.29, 0.717) is 10.9 Å². The molecular weight excluding hydrogens is 358 g/mol. The summed E-state index contributed by atoms with van der Waals surface area (Å²) >= 11 is 3.11. The number of aromatic nitrogens is 1. The summed E-state index contributed by atoms with van der Waals surface area (Å²) in [6.07, 6.45) is 3.54. The molecular formula is C17H11N3O3S2. The van der Waals surface area contributed by atoms with Gasteiger partial charge in [0.2, 0.25) is 11.9 Å². The molecule has 0 radical (unpaired) electrons. The van der Waals surface area contributed by atoms with E-state index < -0.39 is 0 Å². The largest absolute Gasteiger partial charge is 0.455 e. The van der Waals surface area contributed by atoms with Gasteiger partial charge in [0, 0.05) is 16.3 Å².